The van der Waals surface area contributed by atoms with Crippen LogP contribution in [0.25, 0.3) is 11.0 Å². The third kappa shape index (κ3) is 4.93. The molecule has 8 nitrogen and oxygen atoms in total. The summed E-state index contributed by atoms with van der Waals surface area (Å²) in [6, 6.07) is 21.3. The van der Waals surface area contributed by atoms with Crippen LogP contribution in [0.15, 0.2) is 86.5 Å². The molecule has 206 valence electrons. The fourth-order valence-corrected chi connectivity index (χ4v) is 6.16. The first-order valence-corrected chi connectivity index (χ1v) is 14.5. The van der Waals surface area contributed by atoms with Gasteiger partial charge in [-0.2, -0.15) is 0 Å². The quantitative estimate of drug-likeness (QED) is 0.182. The van der Waals surface area contributed by atoms with Gasteiger partial charge in [0, 0.05) is 4.47 Å². The van der Waals surface area contributed by atoms with E-state index in [1.165, 1.54) is 4.90 Å². The maximum Gasteiger partial charge on any atom is 0.350 e. The Kier molecular flexibility index (Phi) is 7.19. The van der Waals surface area contributed by atoms with Crippen molar-refractivity contribution < 1.29 is 23.5 Å². The number of carbonyl (C=O) groups excluding carboxylic acids is 2. The van der Waals surface area contributed by atoms with E-state index in [0.29, 0.717) is 43.9 Å². The molecule has 0 radical (unpaired) electrons. The molecule has 1 aliphatic rings. The van der Waals surface area contributed by atoms with E-state index in [2.05, 4.69) is 20.9 Å². The molecule has 6 rings (SSSR count). The van der Waals surface area contributed by atoms with E-state index in [0.717, 1.165) is 16.9 Å². The number of aryl methyl sites for hydroxylation is 1. The molecule has 2 aromatic heterocycles. The number of anilines is 1. The van der Waals surface area contributed by atoms with Crippen molar-refractivity contribution in [1.82, 2.24) is 4.98 Å². The van der Waals surface area contributed by atoms with Crippen molar-refractivity contribution in [3.05, 3.63) is 121 Å². The van der Waals surface area contributed by atoms with Gasteiger partial charge in [0.15, 0.2) is 10.6 Å². The van der Waals surface area contributed by atoms with Crippen LogP contribution in [-0.2, 0) is 11.3 Å². The Morgan fingerprint density at radius 2 is 1.83 bits per heavy atom. The lowest BCUT2D eigenvalue weighted by Gasteiger charge is -2.22. The first-order valence-electron chi connectivity index (χ1n) is 12.9. The zero-order valence-corrected chi connectivity index (χ0v) is 24.5. The Labute approximate surface area is 247 Å². The summed E-state index contributed by atoms with van der Waals surface area (Å²) in [6.07, 6.45) is 0. The summed E-state index contributed by atoms with van der Waals surface area (Å²) in [5.74, 6) is -0.442. The second-order valence-electron chi connectivity index (χ2n) is 9.37. The fraction of sp³-hybridized carbons (Fsp3) is 0.161. The van der Waals surface area contributed by atoms with E-state index >= 15 is 0 Å². The van der Waals surface area contributed by atoms with Crippen molar-refractivity contribution in [1.29, 1.82) is 0 Å². The van der Waals surface area contributed by atoms with Crippen molar-refractivity contribution in [3.8, 4) is 5.75 Å². The fourth-order valence-electron chi connectivity index (χ4n) is 4.82. The number of thiazole rings is 1. The van der Waals surface area contributed by atoms with E-state index in [1.807, 2.05) is 42.5 Å². The Hall–Kier alpha value is -4.28. The highest BCUT2D eigenvalue weighted by molar-refractivity contribution is 9.10. The number of halogens is 1. The van der Waals surface area contributed by atoms with Crippen LogP contribution in [0.4, 0.5) is 5.13 Å². The molecular weight excluding hydrogens is 608 g/mol. The van der Waals surface area contributed by atoms with E-state index in [9.17, 15) is 14.4 Å². The average Bonchev–Trinajstić information content (AvgIpc) is 3.50. The number of rotatable bonds is 7. The van der Waals surface area contributed by atoms with Crippen molar-refractivity contribution in [3.63, 3.8) is 0 Å². The van der Waals surface area contributed by atoms with Crippen LogP contribution in [0.1, 0.15) is 55.6 Å². The number of aromatic nitrogens is 1. The second kappa shape index (κ2) is 10.9. The van der Waals surface area contributed by atoms with Gasteiger partial charge in [0.05, 0.1) is 29.3 Å². The minimum Gasteiger partial charge on any atom is -0.489 e. The van der Waals surface area contributed by atoms with Gasteiger partial charge < -0.3 is 13.9 Å². The lowest BCUT2D eigenvalue weighted by molar-refractivity contribution is 0.0531. The molecule has 5 aromatic rings. The topological polar surface area (TPSA) is 98.9 Å². The Morgan fingerprint density at radius 3 is 2.56 bits per heavy atom. The minimum absolute atomic E-state index is 0.0511. The number of carbonyl (C=O) groups is 2. The van der Waals surface area contributed by atoms with Gasteiger partial charge in [-0.15, -0.1) is 0 Å². The number of ether oxygens (including phenoxy) is 2. The summed E-state index contributed by atoms with van der Waals surface area (Å²) < 4.78 is 17.9. The van der Waals surface area contributed by atoms with Gasteiger partial charge >= 0.3 is 5.97 Å². The highest BCUT2D eigenvalue weighted by Crippen LogP contribution is 2.43. The maximum atomic E-state index is 13.9. The number of fused-ring (bicyclic) bond motifs is 2. The molecule has 1 aliphatic heterocycles. The predicted octanol–water partition coefficient (Wildman–Crippen LogP) is 6.83. The number of amides is 1. The molecule has 0 spiro atoms. The third-order valence-electron chi connectivity index (χ3n) is 6.73. The van der Waals surface area contributed by atoms with Gasteiger partial charge in [0.25, 0.3) is 5.91 Å². The van der Waals surface area contributed by atoms with Crippen LogP contribution in [0.3, 0.4) is 0 Å². The lowest BCUT2D eigenvalue weighted by atomic mass is 9.98. The summed E-state index contributed by atoms with van der Waals surface area (Å²) in [6.45, 7) is 4.01. The normalized spacial score (nSPS) is 14.4. The van der Waals surface area contributed by atoms with Crippen molar-refractivity contribution in [2.24, 2.45) is 0 Å². The number of hydrogen-bond acceptors (Lipinski definition) is 8. The molecule has 1 atom stereocenters. The lowest BCUT2D eigenvalue weighted by Crippen LogP contribution is -2.29. The average molecular weight is 632 g/mol. The van der Waals surface area contributed by atoms with Crippen LogP contribution < -0.4 is 15.1 Å². The molecule has 0 aliphatic carbocycles. The predicted molar refractivity (Wildman–Crippen MR) is 159 cm³/mol. The molecule has 10 heteroatoms. The monoisotopic (exact) mass is 630 g/mol. The minimum atomic E-state index is -0.832. The smallest absolute Gasteiger partial charge is 0.350 e. The second-order valence-corrected chi connectivity index (χ2v) is 11.3. The zero-order chi connectivity index (χ0) is 28.7. The standard InChI is InChI=1S/C31H23BrN2O6S/c1-3-38-30(37)28-17(2)33-31(41-28)34-25(19-9-12-21(13-10-19)39-16-18-7-5-4-6-8-18)24-26(35)22-15-20(32)11-14-23(22)40-27(24)29(34)36/h4-15,25H,3,16H2,1-2H3. The summed E-state index contributed by atoms with van der Waals surface area (Å²) in [5, 5.41) is 0.615. The Balaban J connectivity index is 1.45. The van der Waals surface area contributed by atoms with Gasteiger partial charge in [0.1, 0.15) is 22.8 Å². The zero-order valence-electron chi connectivity index (χ0n) is 22.0. The molecule has 1 unspecified atom stereocenters. The summed E-state index contributed by atoms with van der Waals surface area (Å²) >= 11 is 4.46. The Morgan fingerprint density at radius 1 is 1.07 bits per heavy atom. The molecule has 1 amide bonds. The number of nitrogens with zero attached hydrogens (tertiary/aromatic N) is 2. The van der Waals surface area contributed by atoms with Gasteiger partial charge in [0.2, 0.25) is 5.76 Å². The number of benzene rings is 3. The summed E-state index contributed by atoms with van der Waals surface area (Å²) in [7, 11) is 0. The Bertz CT molecular complexity index is 1850. The van der Waals surface area contributed by atoms with Crippen molar-refractivity contribution in [2.45, 2.75) is 26.5 Å². The molecule has 3 aromatic carbocycles. The third-order valence-corrected chi connectivity index (χ3v) is 8.36. The van der Waals surface area contributed by atoms with E-state index in [-0.39, 0.29) is 28.5 Å². The van der Waals surface area contributed by atoms with Crippen LogP contribution in [-0.4, -0.2) is 23.5 Å². The van der Waals surface area contributed by atoms with Gasteiger partial charge in [-0.1, -0.05) is 69.7 Å². The highest BCUT2D eigenvalue weighted by Gasteiger charge is 2.45. The molecule has 0 fully saturated rings. The molecule has 3 heterocycles. The van der Waals surface area contributed by atoms with E-state index in [4.69, 9.17) is 13.9 Å². The first kappa shape index (κ1) is 26.9. The van der Waals surface area contributed by atoms with Crippen LogP contribution in [0.5, 0.6) is 5.75 Å². The molecule has 0 N–H and O–H groups in total. The molecule has 0 saturated carbocycles. The van der Waals surface area contributed by atoms with Crippen LogP contribution in [0, 0.1) is 6.92 Å². The van der Waals surface area contributed by atoms with Gasteiger partial charge in [-0.3, -0.25) is 14.5 Å². The van der Waals surface area contributed by atoms with Gasteiger partial charge in [-0.25, -0.2) is 9.78 Å². The van der Waals surface area contributed by atoms with Crippen molar-refractivity contribution >= 4 is 55.2 Å². The first-order chi connectivity index (χ1) is 19.9. The van der Waals surface area contributed by atoms with Crippen molar-refractivity contribution in [2.75, 3.05) is 11.5 Å². The molecular formula is C31H23BrN2O6S. The molecule has 0 bridgehead atoms. The maximum absolute atomic E-state index is 13.9. The SMILES string of the molecule is CCOC(=O)c1sc(N2C(=O)c3oc4ccc(Br)cc4c(=O)c3C2c2ccc(OCc3ccccc3)cc2)nc1C. The largest absolute Gasteiger partial charge is 0.489 e. The summed E-state index contributed by atoms with van der Waals surface area (Å²) in [4.78, 5) is 46.6. The highest BCUT2D eigenvalue weighted by atomic mass is 79.9. The van der Waals surface area contributed by atoms with Crippen LogP contribution in [0.2, 0.25) is 0 Å². The number of esters is 1. The number of hydrogen-bond donors (Lipinski definition) is 0. The van der Waals surface area contributed by atoms with E-state index in [1.54, 1.807) is 44.2 Å². The van der Waals surface area contributed by atoms with E-state index < -0.39 is 17.9 Å². The molecule has 41 heavy (non-hydrogen) atoms. The van der Waals surface area contributed by atoms with Gasteiger partial charge in [-0.05, 0) is 55.3 Å². The molecule has 0 saturated heterocycles. The summed E-state index contributed by atoms with van der Waals surface area (Å²) in [5.41, 5.74) is 2.33. The van der Waals surface area contributed by atoms with Crippen LogP contribution >= 0.6 is 27.3 Å².